The third-order valence-corrected chi connectivity index (χ3v) is 5.91. The maximum Gasteiger partial charge on any atom is 0.259 e. The van der Waals surface area contributed by atoms with Crippen molar-refractivity contribution < 1.29 is 4.79 Å². The molecule has 0 radical (unpaired) electrons. The fraction of sp³-hybridized carbons (Fsp3) is 0.192. The van der Waals surface area contributed by atoms with Crippen molar-refractivity contribution in [2.24, 2.45) is 0 Å². The lowest BCUT2D eigenvalue weighted by atomic mass is 10.1. The van der Waals surface area contributed by atoms with E-state index >= 15 is 0 Å². The van der Waals surface area contributed by atoms with Gasteiger partial charge in [-0.3, -0.25) is 9.78 Å². The highest BCUT2D eigenvalue weighted by molar-refractivity contribution is 6.08. The number of hydrogen-bond acceptors (Lipinski definition) is 5. The lowest BCUT2D eigenvalue weighted by molar-refractivity contribution is 0.102. The van der Waals surface area contributed by atoms with Gasteiger partial charge in [0.05, 0.1) is 11.3 Å². The summed E-state index contributed by atoms with van der Waals surface area (Å²) >= 11 is 0. The maximum absolute atomic E-state index is 13.3. The van der Waals surface area contributed by atoms with Gasteiger partial charge in [-0.25, -0.2) is 4.68 Å². The first-order valence-corrected chi connectivity index (χ1v) is 11.1. The molecular formula is C26H26N6O. The van der Waals surface area contributed by atoms with Crippen LogP contribution < -0.4 is 10.2 Å². The molecule has 7 nitrogen and oxygen atoms in total. The molecular weight excluding hydrogens is 412 g/mol. The molecule has 4 aromatic rings. The SMILES string of the molecule is CN1CCN(c2ccc(NC(=O)c3cn(-c4ccccc4)nc3-c3cccnc3)cc2)CC1. The molecule has 1 fully saturated rings. The number of benzene rings is 2. The Morgan fingerprint density at radius 3 is 2.33 bits per heavy atom. The van der Waals surface area contributed by atoms with E-state index in [1.54, 1.807) is 23.3 Å². The summed E-state index contributed by atoms with van der Waals surface area (Å²) in [7, 11) is 2.15. The highest BCUT2D eigenvalue weighted by atomic mass is 16.1. The van der Waals surface area contributed by atoms with Crippen LogP contribution in [0.5, 0.6) is 0 Å². The van der Waals surface area contributed by atoms with Crippen LogP contribution in [0.2, 0.25) is 0 Å². The summed E-state index contributed by atoms with van der Waals surface area (Å²) in [6.45, 7) is 4.13. The smallest absolute Gasteiger partial charge is 0.259 e. The van der Waals surface area contributed by atoms with Crippen LogP contribution in [0.25, 0.3) is 16.9 Å². The van der Waals surface area contributed by atoms with E-state index in [-0.39, 0.29) is 5.91 Å². The second-order valence-electron chi connectivity index (χ2n) is 8.20. The molecule has 1 saturated heterocycles. The number of anilines is 2. The average molecular weight is 439 g/mol. The van der Waals surface area contributed by atoms with Crippen LogP contribution >= 0.6 is 0 Å². The molecule has 2 aromatic heterocycles. The van der Waals surface area contributed by atoms with E-state index in [9.17, 15) is 4.79 Å². The van der Waals surface area contributed by atoms with Gasteiger partial charge in [-0.15, -0.1) is 0 Å². The second-order valence-corrected chi connectivity index (χ2v) is 8.20. The minimum absolute atomic E-state index is 0.205. The number of nitrogens with zero attached hydrogens (tertiary/aromatic N) is 5. The first kappa shape index (κ1) is 20.9. The van der Waals surface area contributed by atoms with Gasteiger partial charge in [-0.1, -0.05) is 18.2 Å². The molecule has 0 spiro atoms. The molecule has 0 saturated carbocycles. The molecule has 1 amide bonds. The topological polar surface area (TPSA) is 66.3 Å². The fourth-order valence-electron chi connectivity index (χ4n) is 3.99. The number of carbonyl (C=O) groups is 1. The normalized spacial score (nSPS) is 14.3. The highest BCUT2D eigenvalue weighted by Gasteiger charge is 2.19. The van der Waals surface area contributed by atoms with Crippen molar-refractivity contribution in [3.63, 3.8) is 0 Å². The Labute approximate surface area is 193 Å². The standard InChI is InChI=1S/C26H26N6O/c1-30-14-16-31(17-15-30)22-11-9-21(10-12-22)28-26(33)24-19-32(23-7-3-2-4-8-23)29-25(24)20-6-5-13-27-18-20/h2-13,18-19H,14-17H2,1H3,(H,28,33). The number of likely N-dealkylation sites (N-methyl/N-ethyl adjacent to an activating group) is 1. The molecule has 1 aliphatic rings. The Balaban J connectivity index is 1.39. The van der Waals surface area contributed by atoms with Gasteiger partial charge in [0.1, 0.15) is 5.69 Å². The fourth-order valence-corrected chi connectivity index (χ4v) is 3.99. The van der Waals surface area contributed by atoms with Crippen LogP contribution in [0, 0.1) is 0 Å². The molecule has 7 heteroatoms. The summed E-state index contributed by atoms with van der Waals surface area (Å²) < 4.78 is 1.73. The van der Waals surface area contributed by atoms with Crippen molar-refractivity contribution in [2.45, 2.75) is 0 Å². The summed E-state index contributed by atoms with van der Waals surface area (Å²) in [5.74, 6) is -0.205. The Morgan fingerprint density at radius 1 is 0.879 bits per heavy atom. The molecule has 33 heavy (non-hydrogen) atoms. The number of carbonyl (C=O) groups excluding carboxylic acids is 1. The van der Waals surface area contributed by atoms with Crippen molar-refractivity contribution in [1.82, 2.24) is 19.7 Å². The number of piperazine rings is 1. The molecule has 0 bridgehead atoms. The van der Waals surface area contributed by atoms with Crippen molar-refractivity contribution in [3.8, 4) is 16.9 Å². The molecule has 0 aliphatic carbocycles. The van der Waals surface area contributed by atoms with Crippen molar-refractivity contribution in [3.05, 3.63) is 90.9 Å². The van der Waals surface area contributed by atoms with Gasteiger partial charge in [0, 0.05) is 61.7 Å². The van der Waals surface area contributed by atoms with Gasteiger partial charge < -0.3 is 15.1 Å². The van der Waals surface area contributed by atoms with Crippen LogP contribution in [0.1, 0.15) is 10.4 Å². The number of amides is 1. The van der Waals surface area contributed by atoms with Crippen LogP contribution in [0.3, 0.4) is 0 Å². The summed E-state index contributed by atoms with van der Waals surface area (Å²) in [5.41, 5.74) is 4.70. The summed E-state index contributed by atoms with van der Waals surface area (Å²) in [6.07, 6.45) is 5.20. The Bertz CT molecular complexity index is 1210. The average Bonchev–Trinajstić information content (AvgIpc) is 3.32. The monoisotopic (exact) mass is 438 g/mol. The minimum Gasteiger partial charge on any atom is -0.369 e. The lowest BCUT2D eigenvalue weighted by Crippen LogP contribution is -2.44. The molecule has 0 unspecified atom stereocenters. The van der Waals surface area contributed by atoms with Gasteiger partial charge >= 0.3 is 0 Å². The number of rotatable bonds is 5. The van der Waals surface area contributed by atoms with Gasteiger partial charge in [0.15, 0.2) is 0 Å². The molecule has 5 rings (SSSR count). The summed E-state index contributed by atoms with van der Waals surface area (Å²) in [6, 6.07) is 21.6. The second kappa shape index (κ2) is 9.26. The van der Waals surface area contributed by atoms with Crippen LogP contribution in [-0.2, 0) is 0 Å². The van der Waals surface area contributed by atoms with Gasteiger partial charge in [-0.05, 0) is 55.6 Å². The Morgan fingerprint density at radius 2 is 1.64 bits per heavy atom. The number of para-hydroxylation sites is 1. The molecule has 166 valence electrons. The number of aromatic nitrogens is 3. The van der Waals surface area contributed by atoms with Crippen LogP contribution in [0.4, 0.5) is 11.4 Å². The predicted molar refractivity (Wildman–Crippen MR) is 131 cm³/mol. The van der Waals surface area contributed by atoms with E-state index in [0.717, 1.165) is 43.1 Å². The number of pyridine rings is 1. The van der Waals surface area contributed by atoms with E-state index in [2.05, 4.69) is 39.3 Å². The third-order valence-electron chi connectivity index (χ3n) is 5.91. The van der Waals surface area contributed by atoms with Gasteiger partial charge in [0.2, 0.25) is 0 Å². The Kier molecular flexibility index (Phi) is 5.87. The van der Waals surface area contributed by atoms with E-state index in [0.29, 0.717) is 11.3 Å². The minimum atomic E-state index is -0.205. The van der Waals surface area contributed by atoms with E-state index in [1.165, 1.54) is 5.69 Å². The lowest BCUT2D eigenvalue weighted by Gasteiger charge is -2.34. The molecule has 3 heterocycles. The third kappa shape index (κ3) is 4.63. The van der Waals surface area contributed by atoms with Crippen molar-refractivity contribution >= 4 is 17.3 Å². The van der Waals surface area contributed by atoms with E-state index < -0.39 is 0 Å². The number of hydrogen-bond donors (Lipinski definition) is 1. The number of nitrogens with one attached hydrogen (secondary N) is 1. The van der Waals surface area contributed by atoms with E-state index in [4.69, 9.17) is 5.10 Å². The summed E-state index contributed by atoms with van der Waals surface area (Å²) in [5, 5.41) is 7.73. The van der Waals surface area contributed by atoms with Gasteiger partial charge in [-0.2, -0.15) is 5.10 Å². The van der Waals surface area contributed by atoms with Crippen LogP contribution in [-0.4, -0.2) is 58.8 Å². The zero-order valence-electron chi connectivity index (χ0n) is 18.6. The molecule has 0 atom stereocenters. The Hall–Kier alpha value is -3.97. The van der Waals surface area contributed by atoms with Crippen molar-refractivity contribution in [1.29, 1.82) is 0 Å². The zero-order valence-corrected chi connectivity index (χ0v) is 18.6. The van der Waals surface area contributed by atoms with Gasteiger partial charge in [0.25, 0.3) is 5.91 Å². The molecule has 1 N–H and O–H groups in total. The zero-order chi connectivity index (χ0) is 22.6. The molecule has 1 aliphatic heterocycles. The first-order chi connectivity index (χ1) is 16.2. The molecule has 2 aromatic carbocycles. The summed E-state index contributed by atoms with van der Waals surface area (Å²) in [4.78, 5) is 22.2. The van der Waals surface area contributed by atoms with Crippen LogP contribution in [0.15, 0.2) is 85.3 Å². The largest absolute Gasteiger partial charge is 0.369 e. The maximum atomic E-state index is 13.3. The van der Waals surface area contributed by atoms with Crippen molar-refractivity contribution in [2.75, 3.05) is 43.4 Å². The predicted octanol–water partition coefficient (Wildman–Crippen LogP) is 3.94. The highest BCUT2D eigenvalue weighted by Crippen LogP contribution is 2.25. The van der Waals surface area contributed by atoms with E-state index in [1.807, 2.05) is 54.6 Å². The quantitative estimate of drug-likeness (QED) is 0.511. The first-order valence-electron chi connectivity index (χ1n) is 11.1.